The molecular formula is C16H17FO2. The van der Waals surface area contributed by atoms with Crippen molar-refractivity contribution in [2.45, 2.75) is 27.1 Å². The molecule has 0 aliphatic carbocycles. The Morgan fingerprint density at radius 1 is 1.11 bits per heavy atom. The Bertz CT molecular complexity index is 579. The van der Waals surface area contributed by atoms with Crippen molar-refractivity contribution in [3.63, 3.8) is 0 Å². The van der Waals surface area contributed by atoms with Gasteiger partial charge in [0.2, 0.25) is 0 Å². The van der Waals surface area contributed by atoms with Gasteiger partial charge >= 0.3 is 0 Å². The van der Waals surface area contributed by atoms with Crippen LogP contribution in [0, 0.1) is 19.7 Å². The van der Waals surface area contributed by atoms with Crippen LogP contribution in [0.4, 0.5) is 4.39 Å². The Labute approximate surface area is 112 Å². The topological polar surface area (TPSA) is 29.5 Å². The van der Waals surface area contributed by atoms with Crippen LogP contribution in [0.3, 0.4) is 0 Å². The van der Waals surface area contributed by atoms with E-state index >= 15 is 0 Å². The molecule has 0 bridgehead atoms. The molecule has 100 valence electrons. The van der Waals surface area contributed by atoms with Gasteiger partial charge in [0.25, 0.3) is 0 Å². The van der Waals surface area contributed by atoms with Gasteiger partial charge in [0.05, 0.1) is 6.61 Å². The summed E-state index contributed by atoms with van der Waals surface area (Å²) in [6.45, 7) is 4.23. The van der Waals surface area contributed by atoms with E-state index in [1.807, 2.05) is 26.0 Å². The van der Waals surface area contributed by atoms with Crippen molar-refractivity contribution in [2.75, 3.05) is 0 Å². The smallest absolute Gasteiger partial charge is 0.127 e. The molecule has 19 heavy (non-hydrogen) atoms. The number of halogens is 1. The van der Waals surface area contributed by atoms with Crippen molar-refractivity contribution in [2.24, 2.45) is 0 Å². The van der Waals surface area contributed by atoms with Crippen molar-refractivity contribution >= 4 is 0 Å². The zero-order chi connectivity index (χ0) is 13.8. The van der Waals surface area contributed by atoms with Crippen LogP contribution in [-0.4, -0.2) is 5.11 Å². The molecule has 0 atom stereocenters. The molecule has 0 aliphatic heterocycles. The summed E-state index contributed by atoms with van der Waals surface area (Å²) in [5, 5.41) is 9.03. The number of rotatable bonds is 4. The summed E-state index contributed by atoms with van der Waals surface area (Å²) in [6, 6.07) is 10.4. The number of hydrogen-bond donors (Lipinski definition) is 1. The summed E-state index contributed by atoms with van der Waals surface area (Å²) in [4.78, 5) is 0. The molecule has 0 aromatic heterocycles. The van der Waals surface area contributed by atoms with E-state index in [1.54, 1.807) is 6.07 Å². The fraction of sp³-hybridized carbons (Fsp3) is 0.250. The third-order valence-electron chi connectivity index (χ3n) is 3.01. The molecule has 0 saturated carbocycles. The van der Waals surface area contributed by atoms with Crippen molar-refractivity contribution in [1.82, 2.24) is 0 Å². The van der Waals surface area contributed by atoms with E-state index in [-0.39, 0.29) is 6.61 Å². The largest absolute Gasteiger partial charge is 0.489 e. The minimum Gasteiger partial charge on any atom is -0.489 e. The van der Waals surface area contributed by atoms with Crippen LogP contribution in [-0.2, 0) is 13.2 Å². The molecule has 2 aromatic rings. The van der Waals surface area contributed by atoms with Gasteiger partial charge in [-0.15, -0.1) is 0 Å². The lowest BCUT2D eigenvalue weighted by Gasteiger charge is -2.10. The fourth-order valence-electron chi connectivity index (χ4n) is 1.91. The highest BCUT2D eigenvalue weighted by atomic mass is 19.1. The van der Waals surface area contributed by atoms with Gasteiger partial charge < -0.3 is 9.84 Å². The fourth-order valence-corrected chi connectivity index (χ4v) is 1.91. The predicted molar refractivity (Wildman–Crippen MR) is 72.6 cm³/mol. The Hall–Kier alpha value is -1.87. The highest BCUT2D eigenvalue weighted by molar-refractivity contribution is 5.32. The van der Waals surface area contributed by atoms with Crippen molar-refractivity contribution < 1.29 is 14.2 Å². The minimum atomic E-state index is -0.400. The Morgan fingerprint density at radius 2 is 1.89 bits per heavy atom. The van der Waals surface area contributed by atoms with E-state index in [0.29, 0.717) is 17.9 Å². The second-order valence-electron chi connectivity index (χ2n) is 4.67. The average molecular weight is 260 g/mol. The maximum absolute atomic E-state index is 13.3. The van der Waals surface area contributed by atoms with Gasteiger partial charge in [0.1, 0.15) is 18.2 Å². The zero-order valence-electron chi connectivity index (χ0n) is 11.1. The first-order valence-corrected chi connectivity index (χ1v) is 6.18. The van der Waals surface area contributed by atoms with Gasteiger partial charge in [0.15, 0.2) is 0 Å². The molecule has 2 nitrogen and oxygen atoms in total. The van der Waals surface area contributed by atoms with Crippen molar-refractivity contribution in [1.29, 1.82) is 0 Å². The quantitative estimate of drug-likeness (QED) is 0.911. The highest BCUT2D eigenvalue weighted by Gasteiger charge is 2.04. The van der Waals surface area contributed by atoms with Crippen LogP contribution in [0.1, 0.15) is 22.3 Å². The first-order chi connectivity index (χ1) is 9.08. The van der Waals surface area contributed by atoms with Crippen LogP contribution in [0.15, 0.2) is 36.4 Å². The summed E-state index contributed by atoms with van der Waals surface area (Å²) < 4.78 is 18.9. The third kappa shape index (κ3) is 3.55. The lowest BCUT2D eigenvalue weighted by atomic mass is 10.1. The van der Waals surface area contributed by atoms with Gasteiger partial charge in [-0.05, 0) is 42.7 Å². The molecule has 0 spiro atoms. The summed E-state index contributed by atoms with van der Waals surface area (Å²) in [6.07, 6.45) is 0. The monoisotopic (exact) mass is 260 g/mol. The van der Waals surface area contributed by atoms with E-state index in [2.05, 4.69) is 6.07 Å². The van der Waals surface area contributed by atoms with Gasteiger partial charge in [0, 0.05) is 6.07 Å². The molecule has 0 radical (unpaired) electrons. The Kier molecular flexibility index (Phi) is 4.17. The summed E-state index contributed by atoms with van der Waals surface area (Å²) in [5.74, 6) is 0.0347. The van der Waals surface area contributed by atoms with E-state index in [0.717, 1.165) is 11.1 Å². The molecule has 2 aromatic carbocycles. The van der Waals surface area contributed by atoms with E-state index < -0.39 is 5.82 Å². The molecule has 0 aliphatic rings. The molecular weight excluding hydrogens is 243 g/mol. The second kappa shape index (κ2) is 5.85. The Balaban J connectivity index is 2.14. The highest BCUT2D eigenvalue weighted by Crippen LogP contribution is 2.19. The summed E-state index contributed by atoms with van der Waals surface area (Å²) >= 11 is 0. The lowest BCUT2D eigenvalue weighted by Crippen LogP contribution is -1.99. The lowest BCUT2D eigenvalue weighted by molar-refractivity contribution is 0.276. The van der Waals surface area contributed by atoms with Gasteiger partial charge in [-0.3, -0.25) is 0 Å². The maximum Gasteiger partial charge on any atom is 0.127 e. The van der Waals surface area contributed by atoms with E-state index in [9.17, 15) is 4.39 Å². The SMILES string of the molecule is Cc1ccc(C)c(COc2cc(F)cc(CO)c2)c1. The van der Waals surface area contributed by atoms with Gasteiger partial charge in [-0.2, -0.15) is 0 Å². The molecule has 0 amide bonds. The zero-order valence-corrected chi connectivity index (χ0v) is 11.1. The maximum atomic E-state index is 13.3. The molecule has 3 heteroatoms. The number of ether oxygens (including phenoxy) is 1. The molecule has 0 unspecified atom stereocenters. The van der Waals surface area contributed by atoms with Gasteiger partial charge in [-0.1, -0.05) is 23.8 Å². The first kappa shape index (κ1) is 13.6. The van der Waals surface area contributed by atoms with E-state index in [4.69, 9.17) is 9.84 Å². The number of aliphatic hydroxyl groups excluding tert-OH is 1. The number of aliphatic hydroxyl groups is 1. The van der Waals surface area contributed by atoms with Crippen LogP contribution >= 0.6 is 0 Å². The predicted octanol–water partition coefficient (Wildman–Crippen LogP) is 3.51. The normalized spacial score (nSPS) is 10.5. The first-order valence-electron chi connectivity index (χ1n) is 6.18. The minimum absolute atomic E-state index is 0.197. The van der Waals surface area contributed by atoms with Gasteiger partial charge in [-0.25, -0.2) is 4.39 Å². The number of aryl methyl sites for hydroxylation is 2. The third-order valence-corrected chi connectivity index (χ3v) is 3.01. The summed E-state index contributed by atoms with van der Waals surface area (Å²) in [7, 11) is 0. The van der Waals surface area contributed by atoms with Crippen LogP contribution in [0.25, 0.3) is 0 Å². The molecule has 0 heterocycles. The molecule has 2 rings (SSSR count). The van der Waals surface area contributed by atoms with Crippen LogP contribution in [0.5, 0.6) is 5.75 Å². The van der Waals surface area contributed by atoms with E-state index in [1.165, 1.54) is 17.7 Å². The molecule has 0 fully saturated rings. The van der Waals surface area contributed by atoms with Crippen molar-refractivity contribution in [3.05, 3.63) is 64.5 Å². The summed E-state index contributed by atoms with van der Waals surface area (Å²) in [5.41, 5.74) is 3.90. The average Bonchev–Trinajstić information content (AvgIpc) is 2.39. The van der Waals surface area contributed by atoms with Crippen molar-refractivity contribution in [3.8, 4) is 5.75 Å². The van der Waals surface area contributed by atoms with Crippen LogP contribution < -0.4 is 4.74 Å². The molecule has 0 saturated heterocycles. The van der Waals surface area contributed by atoms with Crippen LogP contribution in [0.2, 0.25) is 0 Å². The second-order valence-corrected chi connectivity index (χ2v) is 4.67. The number of benzene rings is 2. The molecule has 1 N–H and O–H groups in total. The number of hydrogen-bond acceptors (Lipinski definition) is 2. The standard InChI is InChI=1S/C16H17FO2/c1-11-3-4-12(2)14(5-11)10-19-16-7-13(9-18)6-15(17)8-16/h3-8,18H,9-10H2,1-2H3. The Morgan fingerprint density at radius 3 is 2.63 bits per heavy atom.